The Morgan fingerprint density at radius 1 is 1.05 bits per heavy atom. The van der Waals surface area contributed by atoms with E-state index in [1.165, 1.54) is 12.8 Å². The number of likely N-dealkylation sites (tertiary alicyclic amines) is 1. The number of ether oxygens (including phenoxy) is 1. The van der Waals surface area contributed by atoms with Crippen LogP contribution >= 0.6 is 0 Å². The van der Waals surface area contributed by atoms with Crippen molar-refractivity contribution in [3.05, 3.63) is 30.3 Å². The highest BCUT2D eigenvalue weighted by Gasteiger charge is 2.46. The maximum atomic E-state index is 12.7. The number of hydrogen-bond donors (Lipinski definition) is 0. The maximum Gasteiger partial charge on any atom is 0.231 e. The summed E-state index contributed by atoms with van der Waals surface area (Å²) in [4.78, 5) is 17.2. The van der Waals surface area contributed by atoms with Crippen molar-refractivity contribution in [2.75, 3.05) is 44.3 Å². The molecule has 118 valence electrons. The lowest BCUT2D eigenvalue weighted by Gasteiger charge is -2.28. The Morgan fingerprint density at radius 2 is 1.82 bits per heavy atom. The third kappa shape index (κ3) is 2.66. The van der Waals surface area contributed by atoms with Gasteiger partial charge in [-0.3, -0.25) is 4.79 Å². The number of fused-ring (bicyclic) bond motifs is 1. The lowest BCUT2D eigenvalue weighted by atomic mass is 10.00. The van der Waals surface area contributed by atoms with Crippen molar-refractivity contribution in [1.29, 1.82) is 0 Å². The molecule has 22 heavy (non-hydrogen) atoms. The average Bonchev–Trinajstić information content (AvgIpc) is 3.08. The molecule has 0 aromatic heterocycles. The van der Waals surface area contributed by atoms with Gasteiger partial charge in [0.25, 0.3) is 0 Å². The molecule has 0 aliphatic carbocycles. The lowest BCUT2D eigenvalue weighted by Crippen LogP contribution is -2.36. The van der Waals surface area contributed by atoms with E-state index in [9.17, 15) is 4.79 Å². The highest BCUT2D eigenvalue weighted by Crippen LogP contribution is 2.35. The summed E-state index contributed by atoms with van der Waals surface area (Å²) in [6, 6.07) is 10.1. The molecule has 0 bridgehead atoms. The van der Waals surface area contributed by atoms with Crippen LogP contribution in [0.15, 0.2) is 30.3 Å². The van der Waals surface area contributed by atoms with Gasteiger partial charge in [0.05, 0.1) is 5.92 Å². The van der Waals surface area contributed by atoms with Crippen molar-refractivity contribution in [3.63, 3.8) is 0 Å². The first-order valence-corrected chi connectivity index (χ1v) is 8.48. The highest BCUT2D eigenvalue weighted by molar-refractivity contribution is 5.98. The van der Waals surface area contributed by atoms with E-state index < -0.39 is 0 Å². The van der Waals surface area contributed by atoms with Gasteiger partial charge in [0.2, 0.25) is 5.91 Å². The first kappa shape index (κ1) is 14.2. The van der Waals surface area contributed by atoms with E-state index in [2.05, 4.69) is 4.90 Å². The van der Waals surface area contributed by atoms with Gasteiger partial charge in [-0.25, -0.2) is 0 Å². The summed E-state index contributed by atoms with van der Waals surface area (Å²) in [5, 5.41) is 0. The summed E-state index contributed by atoms with van der Waals surface area (Å²) in [5.74, 6) is 1.80. The minimum Gasteiger partial charge on any atom is -0.381 e. The van der Waals surface area contributed by atoms with Crippen LogP contribution in [0.1, 0.15) is 12.8 Å². The molecule has 3 aliphatic rings. The van der Waals surface area contributed by atoms with Gasteiger partial charge >= 0.3 is 0 Å². The molecule has 4 nitrogen and oxygen atoms in total. The van der Waals surface area contributed by atoms with Crippen LogP contribution in [0.3, 0.4) is 0 Å². The second-order valence-electron chi connectivity index (χ2n) is 6.93. The summed E-state index contributed by atoms with van der Waals surface area (Å²) in [6.07, 6.45) is 2.35. The van der Waals surface area contributed by atoms with Crippen LogP contribution in [0.5, 0.6) is 0 Å². The Bertz CT molecular complexity index is 527. The molecule has 0 saturated carbocycles. The molecule has 1 amide bonds. The monoisotopic (exact) mass is 300 g/mol. The predicted molar refractivity (Wildman–Crippen MR) is 85.8 cm³/mol. The quantitative estimate of drug-likeness (QED) is 0.856. The molecular weight excluding hydrogens is 276 g/mol. The van der Waals surface area contributed by atoms with Gasteiger partial charge in [-0.1, -0.05) is 18.2 Å². The molecule has 1 aromatic carbocycles. The largest absolute Gasteiger partial charge is 0.381 e. The number of carbonyl (C=O) groups is 1. The zero-order valence-electron chi connectivity index (χ0n) is 13.0. The average molecular weight is 300 g/mol. The lowest BCUT2D eigenvalue weighted by molar-refractivity contribution is -0.120. The fraction of sp³-hybridized carbons (Fsp3) is 0.611. The van der Waals surface area contributed by atoms with E-state index in [1.54, 1.807) is 0 Å². The molecule has 1 aromatic rings. The number of amides is 1. The van der Waals surface area contributed by atoms with Crippen LogP contribution in [0.4, 0.5) is 5.69 Å². The minimum atomic E-state index is 0.208. The second-order valence-corrected chi connectivity index (χ2v) is 6.93. The van der Waals surface area contributed by atoms with Gasteiger partial charge in [0, 0.05) is 51.0 Å². The van der Waals surface area contributed by atoms with Crippen LogP contribution in [0.2, 0.25) is 0 Å². The van der Waals surface area contributed by atoms with Crippen LogP contribution in [0.25, 0.3) is 0 Å². The SMILES string of the molecule is O=C1[C@H]2CN(CC3CCOCC3)C[C@@H]2CN1c1ccccc1. The normalized spacial score (nSPS) is 30.0. The van der Waals surface area contributed by atoms with Gasteiger partial charge in [-0.15, -0.1) is 0 Å². The fourth-order valence-corrected chi connectivity index (χ4v) is 4.23. The molecule has 3 aliphatic heterocycles. The first-order chi connectivity index (χ1) is 10.8. The fourth-order valence-electron chi connectivity index (χ4n) is 4.23. The van der Waals surface area contributed by atoms with Crippen LogP contribution in [0, 0.1) is 17.8 Å². The summed E-state index contributed by atoms with van der Waals surface area (Å²) in [7, 11) is 0. The summed E-state index contributed by atoms with van der Waals surface area (Å²) < 4.78 is 5.44. The predicted octanol–water partition coefficient (Wildman–Crippen LogP) is 2.01. The van der Waals surface area contributed by atoms with Gasteiger partial charge in [0.15, 0.2) is 0 Å². The number of benzene rings is 1. The Hall–Kier alpha value is -1.39. The van der Waals surface area contributed by atoms with Gasteiger partial charge in [0.1, 0.15) is 0 Å². The van der Waals surface area contributed by atoms with Gasteiger partial charge in [-0.05, 0) is 30.9 Å². The van der Waals surface area contributed by atoms with Crippen molar-refractivity contribution in [2.24, 2.45) is 17.8 Å². The van der Waals surface area contributed by atoms with Gasteiger partial charge in [-0.2, -0.15) is 0 Å². The standard InChI is InChI=1S/C18H24N2O2/c21-18-17-13-19(10-14-6-8-22-9-7-14)11-15(17)12-20(18)16-4-2-1-3-5-16/h1-5,14-15,17H,6-13H2/t15-,17+/m1/s1. The topological polar surface area (TPSA) is 32.8 Å². The molecule has 0 radical (unpaired) electrons. The van der Waals surface area contributed by atoms with E-state index in [0.717, 1.165) is 51.0 Å². The number of carbonyl (C=O) groups excluding carboxylic acids is 1. The summed E-state index contributed by atoms with van der Waals surface area (Å²) in [6.45, 7) is 5.88. The number of nitrogens with zero attached hydrogens (tertiary/aromatic N) is 2. The molecule has 4 rings (SSSR count). The van der Waals surface area contributed by atoms with Crippen molar-refractivity contribution < 1.29 is 9.53 Å². The van der Waals surface area contributed by atoms with Crippen LogP contribution in [-0.2, 0) is 9.53 Å². The molecule has 3 heterocycles. The van der Waals surface area contributed by atoms with E-state index in [1.807, 2.05) is 35.2 Å². The molecule has 4 heteroatoms. The molecule has 0 N–H and O–H groups in total. The first-order valence-electron chi connectivity index (χ1n) is 8.48. The van der Waals surface area contributed by atoms with E-state index in [4.69, 9.17) is 4.74 Å². The van der Waals surface area contributed by atoms with Crippen molar-refractivity contribution >= 4 is 11.6 Å². The molecular formula is C18H24N2O2. The minimum absolute atomic E-state index is 0.208. The number of anilines is 1. The second kappa shape index (κ2) is 6.01. The van der Waals surface area contributed by atoms with Crippen molar-refractivity contribution in [2.45, 2.75) is 12.8 Å². The van der Waals surface area contributed by atoms with Gasteiger partial charge < -0.3 is 14.5 Å². The zero-order chi connectivity index (χ0) is 14.9. The zero-order valence-corrected chi connectivity index (χ0v) is 13.0. The number of para-hydroxylation sites is 1. The summed E-state index contributed by atoms with van der Waals surface area (Å²) >= 11 is 0. The molecule has 3 saturated heterocycles. The maximum absolute atomic E-state index is 12.7. The molecule has 0 unspecified atom stereocenters. The Balaban J connectivity index is 1.37. The summed E-state index contributed by atoms with van der Waals surface area (Å²) in [5.41, 5.74) is 1.05. The molecule has 2 atom stereocenters. The van der Waals surface area contributed by atoms with E-state index in [-0.39, 0.29) is 5.92 Å². The molecule has 3 fully saturated rings. The third-order valence-corrected chi connectivity index (χ3v) is 5.44. The Kier molecular flexibility index (Phi) is 3.89. The van der Waals surface area contributed by atoms with Crippen molar-refractivity contribution in [1.82, 2.24) is 4.90 Å². The third-order valence-electron chi connectivity index (χ3n) is 5.44. The Labute approximate surface area is 132 Å². The molecule has 0 spiro atoms. The van der Waals surface area contributed by atoms with E-state index in [0.29, 0.717) is 11.8 Å². The van der Waals surface area contributed by atoms with Crippen LogP contribution in [-0.4, -0.2) is 50.2 Å². The van der Waals surface area contributed by atoms with E-state index >= 15 is 0 Å². The Morgan fingerprint density at radius 3 is 2.55 bits per heavy atom. The van der Waals surface area contributed by atoms with Crippen LogP contribution < -0.4 is 4.90 Å². The highest BCUT2D eigenvalue weighted by atomic mass is 16.5. The number of hydrogen-bond acceptors (Lipinski definition) is 3. The number of rotatable bonds is 3. The smallest absolute Gasteiger partial charge is 0.231 e. The van der Waals surface area contributed by atoms with Crippen molar-refractivity contribution in [3.8, 4) is 0 Å².